The van der Waals surface area contributed by atoms with Crippen LogP contribution in [0, 0.1) is 5.92 Å². The standard InChI is InChI=1S/C20H30O6/c1-8-12(3)18(25-15(6)22)13(4)10-20(7)19(23)16(11-24-14(5)21)17(9-2)26-20/h10,12,18H,8-9,11H2,1-7H3/b13-10+/t12-,18+,20?/m0/s1. The number of Topliss-reactive ketones (excluding diaryl/α,β-unsaturated/α-hetero) is 1. The van der Waals surface area contributed by atoms with E-state index in [4.69, 9.17) is 14.2 Å². The maximum absolute atomic E-state index is 12.9. The summed E-state index contributed by atoms with van der Waals surface area (Å²) in [5.74, 6) is -0.423. The van der Waals surface area contributed by atoms with Crippen LogP contribution in [0.5, 0.6) is 0 Å². The van der Waals surface area contributed by atoms with Gasteiger partial charge in [0, 0.05) is 20.3 Å². The normalized spacial score (nSPS) is 22.7. The Morgan fingerprint density at radius 2 is 1.81 bits per heavy atom. The maximum atomic E-state index is 12.9. The van der Waals surface area contributed by atoms with Crippen molar-refractivity contribution in [1.82, 2.24) is 0 Å². The molecule has 0 saturated carbocycles. The third-order valence-corrected chi connectivity index (χ3v) is 4.54. The Hall–Kier alpha value is -2.11. The highest BCUT2D eigenvalue weighted by atomic mass is 16.5. The van der Waals surface area contributed by atoms with Crippen LogP contribution in [0.2, 0.25) is 0 Å². The van der Waals surface area contributed by atoms with Gasteiger partial charge in [-0.2, -0.15) is 0 Å². The van der Waals surface area contributed by atoms with Gasteiger partial charge in [-0.3, -0.25) is 14.4 Å². The first-order chi connectivity index (χ1) is 12.1. The van der Waals surface area contributed by atoms with Crippen LogP contribution < -0.4 is 0 Å². The molecule has 1 unspecified atom stereocenters. The number of ketones is 1. The minimum atomic E-state index is -1.20. The molecular weight excluding hydrogens is 336 g/mol. The second kappa shape index (κ2) is 9.01. The zero-order valence-corrected chi connectivity index (χ0v) is 16.8. The molecule has 0 fully saturated rings. The SMILES string of the molecule is CCC1=C(COC(C)=O)C(=O)C(C)(/C=C(\C)[C@H](OC(C)=O)[C@@H](C)CC)O1. The van der Waals surface area contributed by atoms with Gasteiger partial charge < -0.3 is 14.2 Å². The van der Waals surface area contributed by atoms with Crippen molar-refractivity contribution in [2.24, 2.45) is 5.92 Å². The molecular formula is C20H30O6. The van der Waals surface area contributed by atoms with E-state index < -0.39 is 17.7 Å². The van der Waals surface area contributed by atoms with Crippen molar-refractivity contribution < 1.29 is 28.6 Å². The maximum Gasteiger partial charge on any atom is 0.303 e. The summed E-state index contributed by atoms with van der Waals surface area (Å²) in [4.78, 5) is 35.4. The largest absolute Gasteiger partial charge is 0.479 e. The van der Waals surface area contributed by atoms with E-state index in [1.807, 2.05) is 27.7 Å². The predicted molar refractivity (Wildman–Crippen MR) is 97.2 cm³/mol. The molecule has 0 aliphatic carbocycles. The molecule has 1 rings (SSSR count). The molecule has 0 spiro atoms. The first-order valence-corrected chi connectivity index (χ1v) is 9.01. The van der Waals surface area contributed by atoms with Gasteiger partial charge in [-0.1, -0.05) is 20.8 Å². The smallest absolute Gasteiger partial charge is 0.303 e. The second-order valence-electron chi connectivity index (χ2n) is 6.88. The lowest BCUT2D eigenvalue weighted by atomic mass is 9.89. The van der Waals surface area contributed by atoms with Crippen LogP contribution >= 0.6 is 0 Å². The van der Waals surface area contributed by atoms with Gasteiger partial charge in [-0.15, -0.1) is 0 Å². The molecule has 0 aromatic heterocycles. The molecule has 0 saturated heterocycles. The van der Waals surface area contributed by atoms with Crippen molar-refractivity contribution in [2.45, 2.75) is 73.0 Å². The number of carbonyl (C=O) groups is 3. The molecule has 3 atom stereocenters. The van der Waals surface area contributed by atoms with Crippen LogP contribution in [0.4, 0.5) is 0 Å². The summed E-state index contributed by atoms with van der Waals surface area (Å²) < 4.78 is 16.4. The zero-order valence-electron chi connectivity index (χ0n) is 16.8. The van der Waals surface area contributed by atoms with Crippen LogP contribution in [0.3, 0.4) is 0 Å². The minimum absolute atomic E-state index is 0.0987. The summed E-state index contributed by atoms with van der Waals surface area (Å²) in [6, 6.07) is 0. The highest BCUT2D eigenvalue weighted by Crippen LogP contribution is 2.35. The summed E-state index contributed by atoms with van der Waals surface area (Å²) in [6.45, 7) is 12.0. The van der Waals surface area contributed by atoms with Crippen LogP contribution in [-0.4, -0.2) is 36.0 Å². The lowest BCUT2D eigenvalue weighted by Gasteiger charge is -2.27. The van der Waals surface area contributed by atoms with Crippen molar-refractivity contribution in [3.05, 3.63) is 23.0 Å². The van der Waals surface area contributed by atoms with Gasteiger partial charge in [0.25, 0.3) is 0 Å². The Labute approximate surface area is 155 Å². The van der Waals surface area contributed by atoms with Gasteiger partial charge in [-0.05, 0) is 37.8 Å². The first kappa shape index (κ1) is 21.9. The third-order valence-electron chi connectivity index (χ3n) is 4.54. The van der Waals surface area contributed by atoms with Crippen LogP contribution in [0.1, 0.15) is 61.3 Å². The molecule has 1 heterocycles. The van der Waals surface area contributed by atoms with Crippen molar-refractivity contribution in [1.29, 1.82) is 0 Å². The molecule has 0 amide bonds. The monoisotopic (exact) mass is 366 g/mol. The van der Waals surface area contributed by atoms with E-state index >= 15 is 0 Å². The molecule has 1 aliphatic heterocycles. The third kappa shape index (κ3) is 5.19. The number of carbonyl (C=O) groups excluding carboxylic acids is 3. The van der Waals surface area contributed by atoms with Gasteiger partial charge in [0.2, 0.25) is 5.78 Å². The van der Waals surface area contributed by atoms with Gasteiger partial charge in [-0.25, -0.2) is 0 Å². The second-order valence-corrected chi connectivity index (χ2v) is 6.88. The highest BCUT2D eigenvalue weighted by molar-refractivity contribution is 6.06. The summed E-state index contributed by atoms with van der Waals surface area (Å²) in [5.41, 5.74) is -0.0621. The van der Waals surface area contributed by atoms with Gasteiger partial charge in [0.05, 0.1) is 5.57 Å². The molecule has 1 aliphatic rings. The minimum Gasteiger partial charge on any atom is -0.479 e. The van der Waals surface area contributed by atoms with E-state index in [0.717, 1.165) is 12.0 Å². The summed E-state index contributed by atoms with van der Waals surface area (Å²) >= 11 is 0. The fourth-order valence-corrected chi connectivity index (χ4v) is 3.06. The van der Waals surface area contributed by atoms with E-state index in [1.165, 1.54) is 13.8 Å². The Morgan fingerprint density at radius 1 is 1.19 bits per heavy atom. The molecule has 0 bridgehead atoms. The molecule has 0 aromatic rings. The molecule has 0 aromatic carbocycles. The fourth-order valence-electron chi connectivity index (χ4n) is 3.06. The van der Waals surface area contributed by atoms with Crippen LogP contribution in [0.15, 0.2) is 23.0 Å². The van der Waals surface area contributed by atoms with Crippen LogP contribution in [-0.2, 0) is 28.6 Å². The quantitative estimate of drug-likeness (QED) is 0.483. The first-order valence-electron chi connectivity index (χ1n) is 9.01. The number of hydrogen-bond donors (Lipinski definition) is 0. The average Bonchev–Trinajstić information content (AvgIpc) is 2.80. The molecule has 6 heteroatoms. The van der Waals surface area contributed by atoms with Crippen molar-refractivity contribution >= 4 is 17.7 Å². The van der Waals surface area contributed by atoms with Crippen molar-refractivity contribution in [3.8, 4) is 0 Å². The number of rotatable bonds is 8. The number of allylic oxidation sites excluding steroid dienone is 1. The van der Waals surface area contributed by atoms with Gasteiger partial charge >= 0.3 is 11.9 Å². The van der Waals surface area contributed by atoms with E-state index in [2.05, 4.69) is 0 Å². The van der Waals surface area contributed by atoms with Crippen molar-refractivity contribution in [3.63, 3.8) is 0 Å². The van der Waals surface area contributed by atoms with Gasteiger partial charge in [0.1, 0.15) is 18.5 Å². The molecule has 6 nitrogen and oxygen atoms in total. The summed E-state index contributed by atoms with van der Waals surface area (Å²) in [5, 5.41) is 0. The lowest BCUT2D eigenvalue weighted by Crippen LogP contribution is -2.35. The Morgan fingerprint density at radius 3 is 2.27 bits per heavy atom. The van der Waals surface area contributed by atoms with Gasteiger partial charge in [0.15, 0.2) is 5.60 Å². The number of ether oxygens (including phenoxy) is 3. The van der Waals surface area contributed by atoms with Crippen LogP contribution in [0.25, 0.3) is 0 Å². The number of esters is 2. The Balaban J connectivity index is 3.13. The zero-order chi connectivity index (χ0) is 20.1. The lowest BCUT2D eigenvalue weighted by molar-refractivity contribution is -0.146. The summed E-state index contributed by atoms with van der Waals surface area (Å²) in [6.07, 6.45) is 2.63. The fraction of sp³-hybridized carbons (Fsp3) is 0.650. The predicted octanol–water partition coefficient (Wildman–Crippen LogP) is 3.50. The Kier molecular flexibility index (Phi) is 7.60. The van der Waals surface area contributed by atoms with Crippen molar-refractivity contribution in [2.75, 3.05) is 6.61 Å². The molecule has 0 radical (unpaired) electrons. The van der Waals surface area contributed by atoms with E-state index in [0.29, 0.717) is 17.8 Å². The topological polar surface area (TPSA) is 78.9 Å². The van der Waals surface area contributed by atoms with E-state index in [9.17, 15) is 14.4 Å². The van der Waals surface area contributed by atoms with E-state index in [1.54, 1.807) is 13.0 Å². The molecule has 0 N–H and O–H groups in total. The summed E-state index contributed by atoms with van der Waals surface area (Å²) in [7, 11) is 0. The molecule has 26 heavy (non-hydrogen) atoms. The van der Waals surface area contributed by atoms with E-state index in [-0.39, 0.29) is 24.3 Å². The molecule has 146 valence electrons. The highest BCUT2D eigenvalue weighted by Gasteiger charge is 2.44. The average molecular weight is 366 g/mol. The Bertz CT molecular complexity index is 630. The number of hydrogen-bond acceptors (Lipinski definition) is 6.